The van der Waals surface area contributed by atoms with E-state index in [1.54, 1.807) is 7.05 Å². The van der Waals surface area contributed by atoms with E-state index >= 15 is 0 Å². The lowest BCUT2D eigenvalue weighted by Crippen LogP contribution is -2.10. The third kappa shape index (κ3) is 1.94. The van der Waals surface area contributed by atoms with Crippen molar-refractivity contribution >= 4 is 17.7 Å². The minimum atomic E-state index is -1.99. The topological polar surface area (TPSA) is 68.0 Å². The molecule has 1 atom stereocenters. The molecule has 12 heavy (non-hydrogen) atoms. The van der Waals surface area contributed by atoms with Gasteiger partial charge in [-0.3, -0.25) is 0 Å². The van der Waals surface area contributed by atoms with Crippen LogP contribution in [0.4, 0.5) is 4.39 Å². The first kappa shape index (κ1) is 8.98. The maximum absolute atomic E-state index is 12.6. The smallest absolute Gasteiger partial charge is 0.349 e. The first-order valence-corrected chi connectivity index (χ1v) is 3.86. The van der Waals surface area contributed by atoms with Crippen LogP contribution in [0.3, 0.4) is 0 Å². The maximum Gasteiger partial charge on any atom is 0.349 e. The number of aromatic nitrogens is 3. The van der Waals surface area contributed by atoms with E-state index in [1.165, 1.54) is 10.9 Å². The van der Waals surface area contributed by atoms with Gasteiger partial charge in [0.15, 0.2) is 5.16 Å². The van der Waals surface area contributed by atoms with Gasteiger partial charge in [0.05, 0.1) is 0 Å². The van der Waals surface area contributed by atoms with Crippen molar-refractivity contribution in [3.8, 4) is 0 Å². The number of hydrogen-bond donors (Lipinski definition) is 1. The third-order valence-electron chi connectivity index (χ3n) is 1.07. The molecule has 1 unspecified atom stereocenters. The van der Waals surface area contributed by atoms with Gasteiger partial charge in [0.25, 0.3) is 0 Å². The lowest BCUT2D eigenvalue weighted by atomic mass is 10.8. The van der Waals surface area contributed by atoms with E-state index in [0.29, 0.717) is 11.8 Å². The normalized spacial score (nSPS) is 12.8. The van der Waals surface area contributed by atoms with Crippen molar-refractivity contribution in [3.63, 3.8) is 0 Å². The number of nitrogens with zero attached hydrogens (tertiary/aromatic N) is 3. The molecule has 1 aromatic rings. The van der Waals surface area contributed by atoms with Gasteiger partial charge in [0.2, 0.25) is 5.50 Å². The van der Waals surface area contributed by atoms with Gasteiger partial charge >= 0.3 is 5.97 Å². The Balaban J connectivity index is 2.64. The molecular weight excluding hydrogens is 185 g/mol. The minimum absolute atomic E-state index is 0.241. The van der Waals surface area contributed by atoms with Crippen LogP contribution in [0, 0.1) is 0 Å². The van der Waals surface area contributed by atoms with E-state index in [2.05, 4.69) is 10.2 Å². The molecule has 1 aromatic heterocycles. The number of carbonyl (C=O) groups is 1. The summed E-state index contributed by atoms with van der Waals surface area (Å²) in [6.07, 6.45) is 1.37. The summed E-state index contributed by atoms with van der Waals surface area (Å²) in [6, 6.07) is 0. The SMILES string of the molecule is Cn1cnnc1SC(F)C(=O)O. The molecule has 1 rings (SSSR count). The van der Waals surface area contributed by atoms with Crippen molar-refractivity contribution < 1.29 is 14.3 Å². The van der Waals surface area contributed by atoms with E-state index < -0.39 is 11.5 Å². The highest BCUT2D eigenvalue weighted by Crippen LogP contribution is 2.20. The molecule has 5 nitrogen and oxygen atoms in total. The fourth-order valence-corrected chi connectivity index (χ4v) is 1.12. The maximum atomic E-state index is 12.6. The highest BCUT2D eigenvalue weighted by atomic mass is 32.2. The monoisotopic (exact) mass is 191 g/mol. The minimum Gasteiger partial charge on any atom is -0.478 e. The molecule has 66 valence electrons. The van der Waals surface area contributed by atoms with Crippen LogP contribution in [0.5, 0.6) is 0 Å². The van der Waals surface area contributed by atoms with Crippen LogP contribution in [0.15, 0.2) is 11.5 Å². The lowest BCUT2D eigenvalue weighted by molar-refractivity contribution is -0.139. The van der Waals surface area contributed by atoms with Gasteiger partial charge in [-0.2, -0.15) is 0 Å². The van der Waals surface area contributed by atoms with Crippen molar-refractivity contribution in [3.05, 3.63) is 6.33 Å². The predicted molar refractivity (Wildman–Crippen MR) is 39.4 cm³/mol. The van der Waals surface area contributed by atoms with Gasteiger partial charge in [0, 0.05) is 7.05 Å². The van der Waals surface area contributed by atoms with Crippen LogP contribution in [0.1, 0.15) is 0 Å². The average Bonchev–Trinajstić information content (AvgIpc) is 2.36. The summed E-state index contributed by atoms with van der Waals surface area (Å²) in [6.45, 7) is 0. The predicted octanol–water partition coefficient (Wildman–Crippen LogP) is 0.287. The zero-order valence-corrected chi connectivity index (χ0v) is 6.95. The number of carboxylic acid groups (broad SMARTS) is 1. The second-order valence-electron chi connectivity index (χ2n) is 2.00. The summed E-state index contributed by atoms with van der Waals surface area (Å²) in [5, 5.41) is 15.4. The number of halogens is 1. The number of aryl methyl sites for hydroxylation is 1. The van der Waals surface area contributed by atoms with Crippen molar-refractivity contribution in [2.24, 2.45) is 7.05 Å². The molecule has 0 bridgehead atoms. The molecule has 1 heterocycles. The molecule has 1 N–H and O–H groups in total. The van der Waals surface area contributed by atoms with E-state index in [-0.39, 0.29) is 5.16 Å². The van der Waals surface area contributed by atoms with Gasteiger partial charge in [-0.05, 0) is 11.8 Å². The molecule has 0 radical (unpaired) electrons. The molecule has 0 saturated heterocycles. The van der Waals surface area contributed by atoms with Crippen LogP contribution in [0.2, 0.25) is 0 Å². The van der Waals surface area contributed by atoms with Crippen LogP contribution >= 0.6 is 11.8 Å². The van der Waals surface area contributed by atoms with E-state index in [1.807, 2.05) is 0 Å². The van der Waals surface area contributed by atoms with E-state index in [9.17, 15) is 9.18 Å². The van der Waals surface area contributed by atoms with E-state index in [4.69, 9.17) is 5.11 Å². The molecule has 0 aromatic carbocycles. The van der Waals surface area contributed by atoms with E-state index in [0.717, 1.165) is 0 Å². The van der Waals surface area contributed by atoms with Gasteiger partial charge in [-0.15, -0.1) is 10.2 Å². The Bertz CT molecular complexity index is 290. The number of aliphatic carboxylic acids is 1. The Morgan fingerprint density at radius 2 is 2.58 bits per heavy atom. The molecule has 0 fully saturated rings. The molecule has 0 saturated carbocycles. The Morgan fingerprint density at radius 1 is 1.92 bits per heavy atom. The lowest BCUT2D eigenvalue weighted by Gasteiger charge is -2.00. The van der Waals surface area contributed by atoms with Crippen molar-refractivity contribution in [2.75, 3.05) is 0 Å². The molecular formula is C5H6FN3O2S. The van der Waals surface area contributed by atoms with Gasteiger partial charge < -0.3 is 9.67 Å². The number of hydrogen-bond acceptors (Lipinski definition) is 4. The summed E-state index contributed by atoms with van der Waals surface area (Å²) >= 11 is 0.508. The van der Waals surface area contributed by atoms with Gasteiger partial charge in [-0.1, -0.05) is 0 Å². The summed E-state index contributed by atoms with van der Waals surface area (Å²) in [5.74, 6) is -1.51. The fraction of sp³-hybridized carbons (Fsp3) is 0.400. The molecule has 0 aliphatic carbocycles. The number of carboxylic acids is 1. The van der Waals surface area contributed by atoms with Crippen molar-refractivity contribution in [2.45, 2.75) is 10.7 Å². The summed E-state index contributed by atoms with van der Waals surface area (Å²) < 4.78 is 14.0. The highest BCUT2D eigenvalue weighted by Gasteiger charge is 2.19. The van der Waals surface area contributed by atoms with Crippen LogP contribution in [-0.4, -0.2) is 31.3 Å². The average molecular weight is 191 g/mol. The largest absolute Gasteiger partial charge is 0.478 e. The quantitative estimate of drug-likeness (QED) is 0.695. The van der Waals surface area contributed by atoms with Crippen LogP contribution in [0.25, 0.3) is 0 Å². The first-order chi connectivity index (χ1) is 5.61. The van der Waals surface area contributed by atoms with Crippen LogP contribution in [-0.2, 0) is 11.8 Å². The van der Waals surface area contributed by atoms with Gasteiger partial charge in [-0.25, -0.2) is 9.18 Å². The summed E-state index contributed by atoms with van der Waals surface area (Å²) in [7, 11) is 1.61. The zero-order chi connectivity index (χ0) is 9.14. The number of rotatable bonds is 3. The van der Waals surface area contributed by atoms with Gasteiger partial charge in [0.1, 0.15) is 6.33 Å². The zero-order valence-electron chi connectivity index (χ0n) is 6.14. The Morgan fingerprint density at radius 3 is 3.00 bits per heavy atom. The fourth-order valence-electron chi connectivity index (χ4n) is 0.522. The molecule has 0 amide bonds. The molecule has 7 heteroatoms. The van der Waals surface area contributed by atoms with Crippen molar-refractivity contribution in [1.82, 2.24) is 14.8 Å². The summed E-state index contributed by atoms with van der Waals surface area (Å²) in [5.41, 5.74) is -1.99. The molecule has 0 aliphatic rings. The standard InChI is InChI=1S/C5H6FN3O2S/c1-9-2-7-8-5(9)12-3(6)4(10)11/h2-3H,1H3,(H,10,11). The first-order valence-electron chi connectivity index (χ1n) is 2.99. The highest BCUT2D eigenvalue weighted by molar-refractivity contribution is 8.00. The second kappa shape index (κ2) is 3.53. The number of alkyl halides is 1. The summed E-state index contributed by atoms with van der Waals surface area (Å²) in [4.78, 5) is 10.1. The Kier molecular flexibility index (Phi) is 2.64. The number of thioether (sulfide) groups is 1. The third-order valence-corrected chi connectivity index (χ3v) is 2.06. The Hall–Kier alpha value is -1.11. The molecule has 0 aliphatic heterocycles. The second-order valence-corrected chi connectivity index (χ2v) is 3.01. The molecule has 0 spiro atoms. The van der Waals surface area contributed by atoms with Crippen LogP contribution < -0.4 is 0 Å². The Labute approximate surface area is 71.6 Å². The van der Waals surface area contributed by atoms with Crippen molar-refractivity contribution in [1.29, 1.82) is 0 Å².